The topological polar surface area (TPSA) is 63.7 Å². The Morgan fingerprint density at radius 1 is 1.14 bits per heavy atom. The molecule has 0 unspecified atom stereocenters. The lowest BCUT2D eigenvalue weighted by molar-refractivity contribution is 0.0681. The number of nitrogens with zero attached hydrogens (tertiary/aromatic N) is 1. The van der Waals surface area contributed by atoms with Crippen LogP contribution in [0.3, 0.4) is 0 Å². The molecule has 2 aromatic carbocycles. The molecule has 1 saturated heterocycles. The molecule has 1 atom stereocenters. The molecule has 7 heteroatoms. The Balaban J connectivity index is 1.82. The molecule has 150 valence electrons. The van der Waals surface area contributed by atoms with Gasteiger partial charge < -0.3 is 9.64 Å². The summed E-state index contributed by atoms with van der Waals surface area (Å²) in [7, 11) is -3.11. The first-order chi connectivity index (χ1) is 13.4. The summed E-state index contributed by atoms with van der Waals surface area (Å²) in [6, 6.07) is 13.9. The van der Waals surface area contributed by atoms with Gasteiger partial charge in [-0.3, -0.25) is 4.79 Å². The summed E-state index contributed by atoms with van der Waals surface area (Å²) in [4.78, 5) is 14.9. The minimum absolute atomic E-state index is 0.00399. The molecular formula is C21H24ClNO4S. The van der Waals surface area contributed by atoms with E-state index in [2.05, 4.69) is 0 Å². The van der Waals surface area contributed by atoms with Crippen molar-refractivity contribution in [3.63, 3.8) is 0 Å². The van der Waals surface area contributed by atoms with Gasteiger partial charge in [-0.25, -0.2) is 8.42 Å². The smallest absolute Gasteiger partial charge is 0.254 e. The molecule has 5 nitrogen and oxygen atoms in total. The van der Waals surface area contributed by atoms with E-state index in [1.807, 2.05) is 19.1 Å². The zero-order valence-electron chi connectivity index (χ0n) is 15.8. The Morgan fingerprint density at radius 2 is 1.82 bits per heavy atom. The molecule has 1 heterocycles. The molecule has 0 saturated carbocycles. The van der Waals surface area contributed by atoms with E-state index in [9.17, 15) is 13.2 Å². The third kappa shape index (κ3) is 5.26. The van der Waals surface area contributed by atoms with E-state index in [4.69, 9.17) is 16.3 Å². The highest BCUT2D eigenvalue weighted by Gasteiger charge is 2.35. The van der Waals surface area contributed by atoms with Gasteiger partial charge in [0.25, 0.3) is 5.91 Å². The number of amides is 1. The second-order valence-electron chi connectivity index (χ2n) is 6.99. The van der Waals surface area contributed by atoms with Crippen LogP contribution in [0.2, 0.25) is 5.02 Å². The largest absolute Gasteiger partial charge is 0.494 e. The highest BCUT2D eigenvalue weighted by Crippen LogP contribution is 2.24. The summed E-state index contributed by atoms with van der Waals surface area (Å²) in [5.74, 6) is 0.653. The molecule has 0 aromatic heterocycles. The van der Waals surface area contributed by atoms with Crippen LogP contribution in [0.25, 0.3) is 0 Å². The van der Waals surface area contributed by atoms with Crippen LogP contribution in [-0.2, 0) is 16.4 Å². The zero-order valence-corrected chi connectivity index (χ0v) is 17.4. The number of hydrogen-bond donors (Lipinski definition) is 0. The first-order valence-corrected chi connectivity index (χ1v) is 11.6. The molecule has 0 bridgehead atoms. The van der Waals surface area contributed by atoms with E-state index in [1.165, 1.54) is 0 Å². The van der Waals surface area contributed by atoms with Gasteiger partial charge in [-0.05, 0) is 54.8 Å². The number of carbonyl (C=O) groups excluding carboxylic acids is 1. The van der Waals surface area contributed by atoms with E-state index in [0.717, 1.165) is 12.0 Å². The van der Waals surface area contributed by atoms with E-state index in [1.54, 1.807) is 41.3 Å². The molecule has 28 heavy (non-hydrogen) atoms. The highest BCUT2D eigenvalue weighted by molar-refractivity contribution is 7.91. The molecule has 1 fully saturated rings. The van der Waals surface area contributed by atoms with Crippen molar-refractivity contribution < 1.29 is 17.9 Å². The Hall–Kier alpha value is -2.05. The molecule has 1 aliphatic rings. The van der Waals surface area contributed by atoms with Crippen LogP contribution >= 0.6 is 11.6 Å². The van der Waals surface area contributed by atoms with Crippen molar-refractivity contribution >= 4 is 27.3 Å². The summed E-state index contributed by atoms with van der Waals surface area (Å²) in [6.45, 7) is 2.99. The van der Waals surface area contributed by atoms with Gasteiger partial charge in [0.2, 0.25) is 0 Å². The van der Waals surface area contributed by atoms with Crippen molar-refractivity contribution in [1.29, 1.82) is 0 Å². The monoisotopic (exact) mass is 421 g/mol. The van der Waals surface area contributed by atoms with E-state index < -0.39 is 9.84 Å². The Morgan fingerprint density at radius 3 is 2.39 bits per heavy atom. The van der Waals surface area contributed by atoms with Crippen molar-refractivity contribution in [3.8, 4) is 5.75 Å². The van der Waals surface area contributed by atoms with Gasteiger partial charge in [-0.1, -0.05) is 30.7 Å². The number of sulfone groups is 1. The van der Waals surface area contributed by atoms with Gasteiger partial charge in [0.05, 0.1) is 18.1 Å². The molecular weight excluding hydrogens is 398 g/mol. The Kier molecular flexibility index (Phi) is 6.62. The van der Waals surface area contributed by atoms with Crippen molar-refractivity contribution in [3.05, 3.63) is 64.7 Å². The lowest BCUT2D eigenvalue weighted by Crippen LogP contribution is -2.40. The van der Waals surface area contributed by atoms with Crippen LogP contribution < -0.4 is 4.74 Å². The maximum atomic E-state index is 13.2. The number of hydrogen-bond acceptors (Lipinski definition) is 4. The summed E-state index contributed by atoms with van der Waals surface area (Å²) >= 11 is 5.95. The van der Waals surface area contributed by atoms with Gasteiger partial charge in [0.1, 0.15) is 5.75 Å². The predicted molar refractivity (Wildman–Crippen MR) is 111 cm³/mol. The molecule has 2 aromatic rings. The zero-order chi connectivity index (χ0) is 20.1. The molecule has 1 amide bonds. The average Bonchev–Trinajstić information content (AvgIpc) is 3.05. The minimum atomic E-state index is -3.11. The maximum Gasteiger partial charge on any atom is 0.254 e. The summed E-state index contributed by atoms with van der Waals surface area (Å²) in [5.41, 5.74) is 1.42. The number of benzene rings is 2. The molecule has 0 N–H and O–H groups in total. The molecule has 0 spiro atoms. The minimum Gasteiger partial charge on any atom is -0.494 e. The van der Waals surface area contributed by atoms with Gasteiger partial charge in [0, 0.05) is 23.2 Å². The van der Waals surface area contributed by atoms with Gasteiger partial charge in [-0.15, -0.1) is 0 Å². The van der Waals surface area contributed by atoms with E-state index >= 15 is 0 Å². The summed E-state index contributed by atoms with van der Waals surface area (Å²) < 4.78 is 29.5. The SMILES string of the molecule is CCCOc1ccc(C(=O)N(Cc2ccc(Cl)cc2)[C@H]2CCS(=O)(=O)C2)cc1. The number of carbonyl (C=O) groups is 1. The van der Waals surface area contributed by atoms with Crippen molar-refractivity contribution in [1.82, 2.24) is 4.90 Å². The van der Waals surface area contributed by atoms with Crippen molar-refractivity contribution in [2.45, 2.75) is 32.4 Å². The summed E-state index contributed by atoms with van der Waals surface area (Å²) in [5, 5.41) is 0.618. The third-order valence-corrected chi connectivity index (χ3v) is 6.75. The molecule has 0 radical (unpaired) electrons. The molecule has 3 rings (SSSR count). The second kappa shape index (κ2) is 8.97. The summed E-state index contributed by atoms with van der Waals surface area (Å²) in [6.07, 6.45) is 1.37. The lowest BCUT2D eigenvalue weighted by Gasteiger charge is -2.28. The molecule has 0 aliphatic carbocycles. The molecule has 1 aliphatic heterocycles. The van der Waals surface area contributed by atoms with Gasteiger partial charge in [-0.2, -0.15) is 0 Å². The van der Waals surface area contributed by atoms with Crippen LogP contribution in [0.5, 0.6) is 5.75 Å². The standard InChI is InChI=1S/C21H24ClNO4S/c1-2-12-27-20-9-5-17(6-10-20)21(24)23(19-11-13-28(25,26)15-19)14-16-3-7-18(22)8-4-16/h3-10,19H,2,11-15H2,1H3/t19-/m0/s1. The first-order valence-electron chi connectivity index (χ1n) is 9.36. The van der Waals surface area contributed by atoms with E-state index in [0.29, 0.717) is 35.9 Å². The fourth-order valence-electron chi connectivity index (χ4n) is 3.25. The van der Waals surface area contributed by atoms with E-state index in [-0.39, 0.29) is 23.5 Å². The normalized spacial score (nSPS) is 18.0. The second-order valence-corrected chi connectivity index (χ2v) is 9.65. The fraction of sp³-hybridized carbons (Fsp3) is 0.381. The quantitative estimate of drug-likeness (QED) is 0.678. The Labute approximate surface area is 171 Å². The van der Waals surface area contributed by atoms with Crippen molar-refractivity contribution in [2.24, 2.45) is 0 Å². The fourth-order valence-corrected chi connectivity index (χ4v) is 5.11. The number of halogens is 1. The first kappa shape index (κ1) is 20.7. The number of rotatable bonds is 7. The maximum absolute atomic E-state index is 13.2. The third-order valence-electron chi connectivity index (χ3n) is 4.75. The van der Waals surface area contributed by atoms with Gasteiger partial charge in [0.15, 0.2) is 9.84 Å². The Bertz CT molecular complexity index is 910. The van der Waals surface area contributed by atoms with Crippen LogP contribution in [-0.4, -0.2) is 43.4 Å². The van der Waals surface area contributed by atoms with Crippen LogP contribution in [0, 0.1) is 0 Å². The highest BCUT2D eigenvalue weighted by atomic mass is 35.5. The number of ether oxygens (including phenoxy) is 1. The van der Waals surface area contributed by atoms with Gasteiger partial charge >= 0.3 is 0 Å². The van der Waals surface area contributed by atoms with Crippen LogP contribution in [0.15, 0.2) is 48.5 Å². The van der Waals surface area contributed by atoms with Crippen LogP contribution in [0.4, 0.5) is 0 Å². The average molecular weight is 422 g/mol. The lowest BCUT2D eigenvalue weighted by atomic mass is 10.1. The van der Waals surface area contributed by atoms with Crippen molar-refractivity contribution in [2.75, 3.05) is 18.1 Å². The predicted octanol–water partition coefficient (Wildman–Crippen LogP) is 3.96. The van der Waals surface area contributed by atoms with Crippen LogP contribution in [0.1, 0.15) is 35.7 Å².